The normalized spacial score (nSPS) is 14.3. The smallest absolute Gasteiger partial charge is 0.243 e. The lowest BCUT2D eigenvalue weighted by Gasteiger charge is -2.05. The van der Waals surface area contributed by atoms with Gasteiger partial charge in [-0.3, -0.25) is 5.10 Å². The monoisotopic (exact) mass is 267 g/mol. The second kappa shape index (κ2) is 4.21. The summed E-state index contributed by atoms with van der Waals surface area (Å²) in [5, 5.41) is 6.00. The predicted octanol–water partition coefficient (Wildman–Crippen LogP) is 0.471. The second-order valence-corrected chi connectivity index (χ2v) is 5.90. The number of hydrogen-bond donors (Lipinski definition) is 2. The number of nitrogens with one attached hydrogen (secondary N) is 2. The van der Waals surface area contributed by atoms with Gasteiger partial charge in [-0.25, -0.2) is 13.1 Å². The Morgan fingerprint density at radius 2 is 2.46 bits per heavy atom. The summed E-state index contributed by atoms with van der Waals surface area (Å²) in [4.78, 5) is 0.259. The number of aromatic amines is 1. The van der Waals surface area contributed by atoms with E-state index >= 15 is 0 Å². The van der Waals surface area contributed by atoms with Gasteiger partial charge < -0.3 is 0 Å². The van der Waals surface area contributed by atoms with Crippen LogP contribution in [0.5, 0.6) is 0 Å². The van der Waals surface area contributed by atoms with Crippen molar-refractivity contribution < 1.29 is 8.42 Å². The molecule has 1 aromatic heterocycles. The number of aromatic nitrogens is 2. The topological polar surface area (TPSA) is 74.8 Å². The Labute approximate surface area is 85.1 Å². The highest BCUT2D eigenvalue weighted by Crippen LogP contribution is 2.05. The van der Waals surface area contributed by atoms with Gasteiger partial charge in [-0.15, -0.1) is 0 Å². The first-order valence-electron chi connectivity index (χ1n) is 3.65. The van der Waals surface area contributed by atoms with Crippen molar-refractivity contribution in [3.8, 4) is 0 Å². The third-order valence-corrected chi connectivity index (χ3v) is 3.05. The molecule has 1 heterocycles. The van der Waals surface area contributed by atoms with E-state index in [0.29, 0.717) is 6.54 Å². The molecule has 0 bridgehead atoms. The number of hydrogen-bond acceptors (Lipinski definition) is 3. The molecule has 0 aliphatic rings. The quantitative estimate of drug-likeness (QED) is 0.779. The fourth-order valence-electron chi connectivity index (χ4n) is 0.694. The van der Waals surface area contributed by atoms with Crippen LogP contribution in [0.2, 0.25) is 0 Å². The molecule has 0 spiro atoms. The molecule has 0 aliphatic carbocycles. The first-order valence-corrected chi connectivity index (χ1v) is 6.05. The number of alkyl halides is 1. The lowest BCUT2D eigenvalue weighted by molar-refractivity contribution is 0.582. The summed E-state index contributed by atoms with van der Waals surface area (Å²) < 4.78 is 25.2. The lowest BCUT2D eigenvalue weighted by atomic mass is 10.5. The molecule has 0 aliphatic heterocycles. The number of nitrogens with zero attached hydrogens (tertiary/aromatic N) is 1. The largest absolute Gasteiger partial charge is 0.284 e. The van der Waals surface area contributed by atoms with Crippen molar-refractivity contribution in [2.45, 2.75) is 16.6 Å². The first kappa shape index (κ1) is 10.7. The van der Waals surface area contributed by atoms with Gasteiger partial charge in [0.25, 0.3) is 0 Å². The summed E-state index contributed by atoms with van der Waals surface area (Å²) in [7, 11) is -3.39. The Kier molecular flexibility index (Phi) is 3.46. The molecule has 1 rings (SSSR count). The van der Waals surface area contributed by atoms with E-state index in [1.165, 1.54) is 12.4 Å². The van der Waals surface area contributed by atoms with Crippen LogP contribution in [0.4, 0.5) is 0 Å². The van der Waals surface area contributed by atoms with Crippen molar-refractivity contribution >= 4 is 26.0 Å². The molecule has 5 nitrogen and oxygen atoms in total. The predicted molar refractivity (Wildman–Crippen MR) is 52.2 cm³/mol. The summed E-state index contributed by atoms with van der Waals surface area (Å²) in [6.45, 7) is 2.21. The van der Waals surface area contributed by atoms with Crippen molar-refractivity contribution in [3.05, 3.63) is 12.4 Å². The molecular weight excluding hydrogens is 258 g/mol. The van der Waals surface area contributed by atoms with Crippen LogP contribution in [0.25, 0.3) is 0 Å². The van der Waals surface area contributed by atoms with E-state index in [9.17, 15) is 8.42 Å². The molecule has 0 fully saturated rings. The maximum atomic E-state index is 11.4. The van der Waals surface area contributed by atoms with Crippen LogP contribution in [0, 0.1) is 0 Å². The van der Waals surface area contributed by atoms with Gasteiger partial charge >= 0.3 is 0 Å². The van der Waals surface area contributed by atoms with Gasteiger partial charge in [-0.1, -0.05) is 22.9 Å². The molecular formula is C6H10BrN3O2S. The number of H-pyrrole nitrogens is 1. The highest BCUT2D eigenvalue weighted by molar-refractivity contribution is 9.09. The van der Waals surface area contributed by atoms with Crippen molar-refractivity contribution in [1.29, 1.82) is 0 Å². The molecule has 0 amide bonds. The highest BCUT2D eigenvalue weighted by Gasteiger charge is 2.14. The van der Waals surface area contributed by atoms with Crippen molar-refractivity contribution in [2.75, 3.05) is 6.54 Å². The van der Waals surface area contributed by atoms with Gasteiger partial charge in [0.2, 0.25) is 10.0 Å². The van der Waals surface area contributed by atoms with E-state index < -0.39 is 10.0 Å². The molecule has 2 N–H and O–H groups in total. The minimum absolute atomic E-state index is 0.106. The van der Waals surface area contributed by atoms with Gasteiger partial charge in [0.1, 0.15) is 4.90 Å². The molecule has 1 unspecified atom stereocenters. The maximum Gasteiger partial charge on any atom is 0.243 e. The van der Waals surface area contributed by atoms with E-state index in [4.69, 9.17) is 0 Å². The van der Waals surface area contributed by atoms with E-state index in [2.05, 4.69) is 30.8 Å². The maximum absolute atomic E-state index is 11.4. The summed E-state index contributed by atoms with van der Waals surface area (Å²) in [5.41, 5.74) is 0. The minimum Gasteiger partial charge on any atom is -0.284 e. The van der Waals surface area contributed by atoms with E-state index in [0.717, 1.165) is 0 Å². The number of halogens is 1. The third-order valence-electron chi connectivity index (χ3n) is 1.34. The molecule has 1 aromatic rings. The van der Waals surface area contributed by atoms with Crippen molar-refractivity contribution in [2.24, 2.45) is 0 Å². The minimum atomic E-state index is -3.39. The van der Waals surface area contributed by atoms with E-state index in [1.54, 1.807) is 0 Å². The van der Waals surface area contributed by atoms with Crippen LogP contribution in [0.3, 0.4) is 0 Å². The Balaban J connectivity index is 2.68. The van der Waals surface area contributed by atoms with Crippen LogP contribution < -0.4 is 4.72 Å². The van der Waals surface area contributed by atoms with Crippen LogP contribution in [0.1, 0.15) is 6.92 Å². The highest BCUT2D eigenvalue weighted by atomic mass is 79.9. The molecule has 0 saturated heterocycles. The van der Waals surface area contributed by atoms with Gasteiger partial charge in [0, 0.05) is 17.6 Å². The Hall–Kier alpha value is -0.400. The summed E-state index contributed by atoms with van der Waals surface area (Å²) in [6, 6.07) is 0. The Morgan fingerprint density at radius 3 is 2.92 bits per heavy atom. The standard InChI is InChI=1S/C6H10BrN3O2S/c1-5(7)2-10-13(11,12)6-3-8-9-4-6/h3-5,10H,2H2,1H3,(H,8,9). The molecule has 7 heteroatoms. The average molecular weight is 268 g/mol. The third kappa shape index (κ3) is 3.09. The molecule has 0 saturated carbocycles. The molecule has 1 atom stereocenters. The van der Waals surface area contributed by atoms with Gasteiger partial charge in [-0.2, -0.15) is 5.10 Å². The molecule has 13 heavy (non-hydrogen) atoms. The zero-order chi connectivity index (χ0) is 9.90. The average Bonchev–Trinajstić information content (AvgIpc) is 2.53. The summed E-state index contributed by atoms with van der Waals surface area (Å²) in [6.07, 6.45) is 2.60. The van der Waals surface area contributed by atoms with E-state index in [1.807, 2.05) is 6.92 Å². The molecule has 0 radical (unpaired) electrons. The number of sulfonamides is 1. The fourth-order valence-corrected chi connectivity index (χ4v) is 2.11. The first-order chi connectivity index (χ1) is 6.02. The fraction of sp³-hybridized carbons (Fsp3) is 0.500. The Morgan fingerprint density at radius 1 is 1.77 bits per heavy atom. The molecule has 0 aromatic carbocycles. The van der Waals surface area contributed by atoms with Crippen LogP contribution in [0.15, 0.2) is 17.3 Å². The number of rotatable bonds is 4. The summed E-state index contributed by atoms with van der Waals surface area (Å²) in [5.74, 6) is 0. The molecule has 74 valence electrons. The van der Waals surface area contributed by atoms with Crippen molar-refractivity contribution in [1.82, 2.24) is 14.9 Å². The second-order valence-electron chi connectivity index (χ2n) is 2.57. The van der Waals surface area contributed by atoms with Crippen molar-refractivity contribution in [3.63, 3.8) is 0 Å². The Bertz CT molecular complexity index is 346. The van der Waals surface area contributed by atoms with Gasteiger partial charge in [-0.05, 0) is 0 Å². The van der Waals surface area contributed by atoms with Gasteiger partial charge in [0.15, 0.2) is 0 Å². The zero-order valence-corrected chi connectivity index (χ0v) is 9.39. The zero-order valence-electron chi connectivity index (χ0n) is 6.99. The summed E-state index contributed by atoms with van der Waals surface area (Å²) >= 11 is 3.24. The lowest BCUT2D eigenvalue weighted by Crippen LogP contribution is -2.28. The van der Waals surface area contributed by atoms with Crippen LogP contribution >= 0.6 is 15.9 Å². The SMILES string of the molecule is CC(Br)CNS(=O)(=O)c1cn[nH]c1. The van der Waals surface area contributed by atoms with Gasteiger partial charge in [0.05, 0.1) is 6.20 Å². The van der Waals surface area contributed by atoms with Crippen LogP contribution in [-0.2, 0) is 10.0 Å². The van der Waals surface area contributed by atoms with E-state index in [-0.39, 0.29) is 9.72 Å². The van der Waals surface area contributed by atoms with Crippen LogP contribution in [-0.4, -0.2) is 30.0 Å².